The summed E-state index contributed by atoms with van der Waals surface area (Å²) in [7, 11) is -2.08. The average molecular weight is 405 g/mol. The van der Waals surface area contributed by atoms with Gasteiger partial charge in [-0.2, -0.15) is 8.42 Å². The number of methoxy groups -OCH3 is 1. The first-order valence-electron chi connectivity index (χ1n) is 8.77. The van der Waals surface area contributed by atoms with E-state index >= 15 is 0 Å². The number of aromatic nitrogens is 1. The van der Waals surface area contributed by atoms with Crippen LogP contribution in [0, 0.1) is 0 Å². The molecule has 0 saturated heterocycles. The Balaban J connectivity index is 1.77. The van der Waals surface area contributed by atoms with Crippen LogP contribution >= 0.6 is 0 Å². The number of benzene rings is 1. The molecule has 1 aromatic carbocycles. The molecule has 4 N–H and O–H groups in total. The number of nitrogens with two attached hydrogens (primary N) is 1. The fourth-order valence-corrected chi connectivity index (χ4v) is 3.43. The van der Waals surface area contributed by atoms with E-state index in [-0.39, 0.29) is 12.6 Å². The fraction of sp³-hybridized carbons (Fsp3) is 0.333. The summed E-state index contributed by atoms with van der Waals surface area (Å²) in [6, 6.07) is 9.55. The van der Waals surface area contributed by atoms with Crippen molar-refractivity contribution in [3.8, 4) is 11.1 Å². The lowest BCUT2D eigenvalue weighted by Crippen LogP contribution is -2.41. The number of fused-ring (bicyclic) bond motifs is 1. The van der Waals surface area contributed by atoms with Gasteiger partial charge in [-0.15, -0.1) is 0 Å². The zero-order valence-corrected chi connectivity index (χ0v) is 16.3. The quantitative estimate of drug-likeness (QED) is 0.606. The molecule has 10 heteroatoms. The van der Waals surface area contributed by atoms with Crippen molar-refractivity contribution in [1.82, 2.24) is 14.6 Å². The van der Waals surface area contributed by atoms with Crippen LogP contribution in [0.1, 0.15) is 11.1 Å². The van der Waals surface area contributed by atoms with Gasteiger partial charge in [0.2, 0.25) is 0 Å². The standard InChI is InChI=1S/C18H23N5O4S/c1-27-11-10-23-12-16-15(7-8-20-17(16)22-18(23)24)14-4-2-13(3-5-14)6-9-21-28(19,25)26/h2-5,7-8,21H,6,9-12H2,1H3,(H2,19,25,26)(H,20,22,24). The summed E-state index contributed by atoms with van der Waals surface area (Å²) in [5.74, 6) is 0.567. The molecule has 0 spiro atoms. The number of carbonyl (C=O) groups is 1. The van der Waals surface area contributed by atoms with E-state index in [9.17, 15) is 13.2 Å². The minimum absolute atomic E-state index is 0.188. The van der Waals surface area contributed by atoms with Gasteiger partial charge in [-0.1, -0.05) is 24.3 Å². The normalized spacial score (nSPS) is 13.9. The third-order valence-electron chi connectivity index (χ3n) is 4.46. The molecule has 0 radical (unpaired) electrons. The van der Waals surface area contributed by atoms with Crippen LogP contribution < -0.4 is 15.2 Å². The molecule has 0 aliphatic carbocycles. The number of ether oxygens (including phenoxy) is 1. The molecule has 2 aromatic rings. The Labute approximate surface area is 164 Å². The van der Waals surface area contributed by atoms with Crippen LogP contribution in [-0.2, 0) is 27.9 Å². The van der Waals surface area contributed by atoms with Crippen molar-refractivity contribution in [3.05, 3.63) is 47.7 Å². The number of rotatable bonds is 8. The van der Waals surface area contributed by atoms with Gasteiger partial charge in [0.25, 0.3) is 10.2 Å². The largest absolute Gasteiger partial charge is 0.383 e. The van der Waals surface area contributed by atoms with Crippen LogP contribution in [0.5, 0.6) is 0 Å². The lowest BCUT2D eigenvalue weighted by molar-refractivity contribution is 0.151. The first kappa shape index (κ1) is 20.2. The second-order valence-corrected chi connectivity index (χ2v) is 7.80. The first-order chi connectivity index (χ1) is 13.4. The Kier molecular flexibility index (Phi) is 6.25. The van der Waals surface area contributed by atoms with Crippen molar-refractivity contribution in [3.63, 3.8) is 0 Å². The number of amides is 2. The van der Waals surface area contributed by atoms with E-state index in [0.29, 0.717) is 31.9 Å². The van der Waals surface area contributed by atoms with Gasteiger partial charge in [0, 0.05) is 32.0 Å². The third-order valence-corrected chi connectivity index (χ3v) is 5.07. The molecule has 28 heavy (non-hydrogen) atoms. The molecule has 2 amide bonds. The van der Waals surface area contributed by atoms with E-state index in [1.54, 1.807) is 18.2 Å². The highest BCUT2D eigenvalue weighted by atomic mass is 32.2. The van der Waals surface area contributed by atoms with Gasteiger partial charge in [-0.25, -0.2) is 19.6 Å². The molecule has 1 aliphatic rings. The number of nitrogens with zero attached hydrogens (tertiary/aromatic N) is 2. The number of carbonyl (C=O) groups excluding carboxylic acids is 1. The molecule has 0 bridgehead atoms. The molecule has 2 heterocycles. The maximum atomic E-state index is 12.2. The highest BCUT2D eigenvalue weighted by Crippen LogP contribution is 2.31. The van der Waals surface area contributed by atoms with Crippen molar-refractivity contribution in [2.45, 2.75) is 13.0 Å². The first-order valence-corrected chi connectivity index (χ1v) is 10.3. The number of nitrogens with one attached hydrogen (secondary N) is 2. The highest BCUT2D eigenvalue weighted by Gasteiger charge is 2.25. The van der Waals surface area contributed by atoms with Gasteiger partial charge in [0.15, 0.2) is 0 Å². The van der Waals surface area contributed by atoms with Gasteiger partial charge >= 0.3 is 6.03 Å². The Bertz CT molecular complexity index is 947. The summed E-state index contributed by atoms with van der Waals surface area (Å²) < 4.78 is 29.2. The number of pyridine rings is 1. The van der Waals surface area contributed by atoms with Crippen LogP contribution in [0.25, 0.3) is 11.1 Å². The monoisotopic (exact) mass is 405 g/mol. The molecule has 9 nitrogen and oxygen atoms in total. The summed E-state index contributed by atoms with van der Waals surface area (Å²) >= 11 is 0. The number of anilines is 1. The van der Waals surface area contributed by atoms with Crippen molar-refractivity contribution in [2.24, 2.45) is 5.14 Å². The number of hydrogen-bond donors (Lipinski definition) is 3. The van der Waals surface area contributed by atoms with Crippen molar-refractivity contribution >= 4 is 22.1 Å². The Morgan fingerprint density at radius 1 is 1.29 bits per heavy atom. The Morgan fingerprint density at radius 3 is 2.71 bits per heavy atom. The van der Waals surface area contributed by atoms with Gasteiger partial charge in [-0.05, 0) is 29.2 Å². The summed E-state index contributed by atoms with van der Waals surface area (Å²) in [4.78, 5) is 18.2. The average Bonchev–Trinajstić information content (AvgIpc) is 2.65. The zero-order valence-electron chi connectivity index (χ0n) is 15.5. The molecule has 0 fully saturated rings. The van der Waals surface area contributed by atoms with Crippen molar-refractivity contribution in [1.29, 1.82) is 0 Å². The predicted molar refractivity (Wildman–Crippen MR) is 106 cm³/mol. The van der Waals surface area contributed by atoms with E-state index in [1.807, 2.05) is 30.3 Å². The van der Waals surface area contributed by atoms with Gasteiger partial charge < -0.3 is 9.64 Å². The Hall–Kier alpha value is -2.53. The summed E-state index contributed by atoms with van der Waals surface area (Å²) in [5, 5.41) is 7.76. The third kappa shape index (κ3) is 5.04. The maximum Gasteiger partial charge on any atom is 0.323 e. The summed E-state index contributed by atoms with van der Waals surface area (Å²) in [6.07, 6.45) is 2.20. The molecule has 0 saturated carbocycles. The lowest BCUT2D eigenvalue weighted by atomic mass is 9.98. The predicted octanol–water partition coefficient (Wildman–Crippen LogP) is 1.08. The van der Waals surface area contributed by atoms with Crippen molar-refractivity contribution < 1.29 is 17.9 Å². The zero-order chi connectivity index (χ0) is 20.1. The molecular weight excluding hydrogens is 382 g/mol. The van der Waals surface area contributed by atoms with Crippen LogP contribution in [0.2, 0.25) is 0 Å². The molecule has 3 rings (SSSR count). The van der Waals surface area contributed by atoms with E-state index in [4.69, 9.17) is 9.88 Å². The smallest absolute Gasteiger partial charge is 0.323 e. The Morgan fingerprint density at radius 2 is 2.04 bits per heavy atom. The second kappa shape index (κ2) is 8.65. The summed E-state index contributed by atoms with van der Waals surface area (Å²) in [6.45, 7) is 1.64. The highest BCUT2D eigenvalue weighted by molar-refractivity contribution is 7.87. The fourth-order valence-electron chi connectivity index (χ4n) is 3.04. The molecule has 150 valence electrons. The minimum atomic E-state index is -3.68. The number of urea groups is 1. The molecule has 0 atom stereocenters. The van der Waals surface area contributed by atoms with Gasteiger partial charge in [0.05, 0.1) is 13.2 Å². The van der Waals surface area contributed by atoms with E-state index in [0.717, 1.165) is 22.3 Å². The molecule has 1 aromatic heterocycles. The second-order valence-electron chi connectivity index (χ2n) is 6.42. The van der Waals surface area contributed by atoms with E-state index < -0.39 is 10.2 Å². The van der Waals surface area contributed by atoms with Gasteiger partial charge in [-0.3, -0.25) is 5.32 Å². The minimum Gasteiger partial charge on any atom is -0.383 e. The topological polar surface area (TPSA) is 127 Å². The molecule has 0 unspecified atom stereocenters. The molecular formula is C18H23N5O4S. The maximum absolute atomic E-state index is 12.2. The SMILES string of the molecule is COCCN1Cc2c(-c3ccc(CCNS(N)(=O)=O)cc3)ccnc2NC1=O. The lowest BCUT2D eigenvalue weighted by Gasteiger charge is -2.29. The van der Waals surface area contributed by atoms with Gasteiger partial charge in [0.1, 0.15) is 5.82 Å². The van der Waals surface area contributed by atoms with Crippen LogP contribution in [-0.4, -0.2) is 51.1 Å². The van der Waals surface area contributed by atoms with E-state index in [1.165, 1.54) is 0 Å². The van der Waals surface area contributed by atoms with Crippen LogP contribution in [0.3, 0.4) is 0 Å². The summed E-state index contributed by atoms with van der Waals surface area (Å²) in [5.41, 5.74) is 3.91. The van der Waals surface area contributed by atoms with Crippen LogP contribution in [0.15, 0.2) is 36.5 Å². The van der Waals surface area contributed by atoms with E-state index in [2.05, 4.69) is 15.0 Å². The van der Waals surface area contributed by atoms with Crippen molar-refractivity contribution in [2.75, 3.05) is 32.1 Å². The molecule has 1 aliphatic heterocycles. The number of hydrogen-bond acceptors (Lipinski definition) is 5. The van der Waals surface area contributed by atoms with Crippen LogP contribution in [0.4, 0.5) is 10.6 Å².